The molecule has 2 atom stereocenters. The van der Waals surface area contributed by atoms with Crippen LogP contribution in [0, 0.1) is 5.92 Å². The van der Waals surface area contributed by atoms with E-state index in [1.165, 1.54) is 0 Å². The maximum absolute atomic E-state index is 9.52. The van der Waals surface area contributed by atoms with Crippen LogP contribution in [0.25, 0.3) is 0 Å². The molecule has 4 heterocycles. The van der Waals surface area contributed by atoms with Crippen LogP contribution < -0.4 is 9.80 Å². The number of morpholine rings is 1. The molecule has 0 bridgehead atoms. The van der Waals surface area contributed by atoms with Crippen LogP contribution in [0.1, 0.15) is 50.4 Å². The Bertz CT molecular complexity index is 821. The van der Waals surface area contributed by atoms with E-state index in [2.05, 4.69) is 52.0 Å². The van der Waals surface area contributed by atoms with E-state index in [0.717, 1.165) is 61.4 Å². The van der Waals surface area contributed by atoms with Crippen molar-refractivity contribution in [3.8, 4) is 0 Å². The van der Waals surface area contributed by atoms with E-state index in [0.29, 0.717) is 12.5 Å². The zero-order valence-electron chi connectivity index (χ0n) is 17.5. The summed E-state index contributed by atoms with van der Waals surface area (Å²) < 4.78 is 6.04. The van der Waals surface area contributed by atoms with Crippen molar-refractivity contribution in [2.75, 3.05) is 49.2 Å². The Morgan fingerprint density at radius 1 is 1.17 bits per heavy atom. The van der Waals surface area contributed by atoms with Gasteiger partial charge in [0.1, 0.15) is 29.1 Å². The van der Waals surface area contributed by atoms with Crippen LogP contribution in [0.4, 0.5) is 11.6 Å². The number of aliphatic hydroxyl groups is 1. The Hall–Kier alpha value is -1.77. The van der Waals surface area contributed by atoms with Gasteiger partial charge in [-0.25, -0.2) is 15.0 Å². The number of thiazole rings is 1. The first-order valence-electron chi connectivity index (χ1n) is 10.4. The second-order valence-electron chi connectivity index (χ2n) is 9.00. The van der Waals surface area contributed by atoms with Crippen LogP contribution in [-0.2, 0) is 10.2 Å². The standard InChI is InChI=1S/C21H31N5O2S/c1-21(2,3)17-13-29-20(24-17)16-11-26(7-8-28-16)19-9-18(22-14-23-19)25-6-4-5-15(10-25)12-27/h9,13-16,27H,4-8,10-12H2,1-3H3. The molecule has 29 heavy (non-hydrogen) atoms. The first-order valence-corrected chi connectivity index (χ1v) is 11.3. The Labute approximate surface area is 176 Å². The number of nitrogens with zero attached hydrogens (tertiary/aromatic N) is 5. The number of ether oxygens (including phenoxy) is 1. The SMILES string of the molecule is CC(C)(C)c1csc(C2CN(c3cc(N4CCCC(CO)C4)ncn3)CCO2)n1. The third-order valence-corrected chi connectivity index (χ3v) is 6.63. The largest absolute Gasteiger partial charge is 0.396 e. The normalized spacial score (nSPS) is 23.4. The van der Waals surface area contributed by atoms with Gasteiger partial charge in [-0.2, -0.15) is 0 Å². The van der Waals surface area contributed by atoms with Gasteiger partial charge in [-0.3, -0.25) is 0 Å². The molecule has 8 heteroatoms. The molecule has 4 rings (SSSR count). The Morgan fingerprint density at radius 2 is 1.93 bits per heavy atom. The molecule has 2 saturated heterocycles. The van der Waals surface area contributed by atoms with Crippen molar-refractivity contribution < 1.29 is 9.84 Å². The molecule has 2 unspecified atom stereocenters. The van der Waals surface area contributed by atoms with Gasteiger partial charge in [0.2, 0.25) is 0 Å². The molecule has 0 aromatic carbocycles. The monoisotopic (exact) mass is 417 g/mol. The quantitative estimate of drug-likeness (QED) is 0.820. The van der Waals surface area contributed by atoms with Gasteiger partial charge in [0.05, 0.1) is 18.8 Å². The molecule has 0 radical (unpaired) electrons. The first kappa shape index (κ1) is 20.5. The fourth-order valence-electron chi connectivity index (χ4n) is 3.89. The van der Waals surface area contributed by atoms with Crippen molar-refractivity contribution in [3.63, 3.8) is 0 Å². The number of anilines is 2. The predicted octanol–water partition coefficient (Wildman–Crippen LogP) is 3.02. The summed E-state index contributed by atoms with van der Waals surface area (Å²) in [5.74, 6) is 2.21. The third-order valence-electron chi connectivity index (χ3n) is 5.70. The summed E-state index contributed by atoms with van der Waals surface area (Å²) in [6, 6.07) is 2.07. The maximum Gasteiger partial charge on any atom is 0.134 e. The molecule has 0 spiro atoms. The van der Waals surface area contributed by atoms with E-state index < -0.39 is 0 Å². The lowest BCUT2D eigenvalue weighted by molar-refractivity contribution is 0.0392. The van der Waals surface area contributed by atoms with Gasteiger partial charge >= 0.3 is 0 Å². The Kier molecular flexibility index (Phi) is 6.03. The van der Waals surface area contributed by atoms with E-state index in [1.807, 2.05) is 0 Å². The van der Waals surface area contributed by atoms with Crippen LogP contribution in [0.2, 0.25) is 0 Å². The molecule has 2 aliphatic heterocycles. The number of piperidine rings is 1. The minimum atomic E-state index is -0.0305. The maximum atomic E-state index is 9.52. The number of hydrogen-bond acceptors (Lipinski definition) is 8. The van der Waals surface area contributed by atoms with Gasteiger partial charge in [-0.15, -0.1) is 11.3 Å². The van der Waals surface area contributed by atoms with E-state index in [-0.39, 0.29) is 18.1 Å². The molecule has 0 aliphatic carbocycles. The topological polar surface area (TPSA) is 74.6 Å². The molecule has 2 aliphatic rings. The van der Waals surface area contributed by atoms with Crippen molar-refractivity contribution in [2.45, 2.75) is 45.1 Å². The lowest BCUT2D eigenvalue weighted by Gasteiger charge is -2.35. The highest BCUT2D eigenvalue weighted by Crippen LogP contribution is 2.32. The molecule has 2 aromatic rings. The highest BCUT2D eigenvalue weighted by Gasteiger charge is 2.28. The van der Waals surface area contributed by atoms with Crippen LogP contribution in [-0.4, -0.2) is 59.5 Å². The number of rotatable bonds is 4. The van der Waals surface area contributed by atoms with Crippen LogP contribution in [0.5, 0.6) is 0 Å². The molecule has 7 nitrogen and oxygen atoms in total. The van der Waals surface area contributed by atoms with Crippen LogP contribution in [0.3, 0.4) is 0 Å². The highest BCUT2D eigenvalue weighted by molar-refractivity contribution is 7.09. The second-order valence-corrected chi connectivity index (χ2v) is 9.89. The number of aliphatic hydroxyl groups excluding tert-OH is 1. The molecule has 2 aromatic heterocycles. The average Bonchev–Trinajstić information content (AvgIpc) is 3.25. The van der Waals surface area contributed by atoms with Gasteiger partial charge in [-0.05, 0) is 18.8 Å². The summed E-state index contributed by atoms with van der Waals surface area (Å²) in [5, 5.41) is 12.7. The Balaban J connectivity index is 1.48. The van der Waals surface area contributed by atoms with Crippen molar-refractivity contribution in [1.82, 2.24) is 15.0 Å². The molecule has 158 valence electrons. The predicted molar refractivity (Wildman–Crippen MR) is 116 cm³/mol. The lowest BCUT2D eigenvalue weighted by Crippen LogP contribution is -2.40. The van der Waals surface area contributed by atoms with E-state index >= 15 is 0 Å². The average molecular weight is 418 g/mol. The summed E-state index contributed by atoms with van der Waals surface area (Å²) in [7, 11) is 0. The summed E-state index contributed by atoms with van der Waals surface area (Å²) in [6.45, 7) is 10.8. The summed E-state index contributed by atoms with van der Waals surface area (Å²) in [4.78, 5) is 18.4. The molecule has 0 saturated carbocycles. The summed E-state index contributed by atoms with van der Waals surface area (Å²) >= 11 is 1.68. The Morgan fingerprint density at radius 3 is 2.62 bits per heavy atom. The highest BCUT2D eigenvalue weighted by atomic mass is 32.1. The minimum Gasteiger partial charge on any atom is -0.396 e. The van der Waals surface area contributed by atoms with Crippen LogP contribution in [0.15, 0.2) is 17.8 Å². The van der Waals surface area contributed by atoms with Gasteiger partial charge in [0.15, 0.2) is 0 Å². The van der Waals surface area contributed by atoms with E-state index in [4.69, 9.17) is 9.72 Å². The second kappa shape index (κ2) is 8.53. The summed E-state index contributed by atoms with van der Waals surface area (Å²) in [5.41, 5.74) is 1.16. The van der Waals surface area contributed by atoms with Gasteiger partial charge < -0.3 is 19.6 Å². The zero-order chi connectivity index (χ0) is 20.4. The smallest absolute Gasteiger partial charge is 0.134 e. The molecular weight excluding hydrogens is 386 g/mol. The molecule has 1 N–H and O–H groups in total. The lowest BCUT2D eigenvalue weighted by atomic mass is 9.93. The minimum absolute atomic E-state index is 0.0305. The van der Waals surface area contributed by atoms with Crippen molar-refractivity contribution in [2.24, 2.45) is 5.92 Å². The third kappa shape index (κ3) is 4.70. The number of aromatic nitrogens is 3. The van der Waals surface area contributed by atoms with Crippen LogP contribution >= 0.6 is 11.3 Å². The molecule has 0 amide bonds. The first-order chi connectivity index (χ1) is 13.9. The number of hydrogen-bond donors (Lipinski definition) is 1. The zero-order valence-corrected chi connectivity index (χ0v) is 18.4. The van der Waals surface area contributed by atoms with Gasteiger partial charge in [0, 0.05) is 43.1 Å². The van der Waals surface area contributed by atoms with Crippen molar-refractivity contribution in [1.29, 1.82) is 0 Å². The van der Waals surface area contributed by atoms with Crippen molar-refractivity contribution in [3.05, 3.63) is 28.5 Å². The fraction of sp³-hybridized carbons (Fsp3) is 0.667. The van der Waals surface area contributed by atoms with E-state index in [9.17, 15) is 5.11 Å². The van der Waals surface area contributed by atoms with Crippen molar-refractivity contribution >= 4 is 23.0 Å². The fourth-order valence-corrected chi connectivity index (χ4v) is 4.98. The summed E-state index contributed by atoms with van der Waals surface area (Å²) in [6.07, 6.45) is 3.79. The molecular formula is C21H31N5O2S. The van der Waals surface area contributed by atoms with Gasteiger partial charge in [-0.1, -0.05) is 20.8 Å². The molecule has 2 fully saturated rings. The van der Waals surface area contributed by atoms with Gasteiger partial charge in [0.25, 0.3) is 0 Å². The van der Waals surface area contributed by atoms with E-state index in [1.54, 1.807) is 17.7 Å².